The number of nitrogens with one attached hydrogen (secondary N) is 2. The number of carbonyl (C=O) groups is 1. The molecule has 0 radical (unpaired) electrons. The minimum absolute atomic E-state index is 0.00299. The SMILES string of the molecule is CC(=O)Nc1ccc(S(=O)(=O)NCC2(CO)CC2)cc1. The molecule has 1 saturated carbocycles. The summed E-state index contributed by atoms with van der Waals surface area (Å²) in [4.78, 5) is 11.0. The van der Waals surface area contributed by atoms with Crippen LogP contribution in [0.1, 0.15) is 19.8 Å². The smallest absolute Gasteiger partial charge is 0.240 e. The predicted octanol–water partition coefficient (Wildman–Crippen LogP) is 0.696. The van der Waals surface area contributed by atoms with E-state index in [2.05, 4.69) is 10.0 Å². The zero-order chi connectivity index (χ0) is 14.8. The van der Waals surface area contributed by atoms with Crippen LogP contribution in [0.4, 0.5) is 5.69 Å². The third-order valence-electron chi connectivity index (χ3n) is 3.41. The molecular weight excluding hydrogens is 280 g/mol. The fourth-order valence-electron chi connectivity index (χ4n) is 1.82. The molecule has 0 unspecified atom stereocenters. The van der Waals surface area contributed by atoms with Gasteiger partial charge in [0, 0.05) is 31.2 Å². The number of rotatable bonds is 6. The molecule has 7 heteroatoms. The first kappa shape index (κ1) is 15.0. The van der Waals surface area contributed by atoms with E-state index in [-0.39, 0.29) is 29.4 Å². The summed E-state index contributed by atoms with van der Waals surface area (Å²) in [5.74, 6) is -0.211. The molecule has 0 heterocycles. The second kappa shape index (κ2) is 5.51. The molecule has 0 aromatic heterocycles. The highest BCUT2D eigenvalue weighted by molar-refractivity contribution is 7.89. The van der Waals surface area contributed by atoms with Crippen LogP contribution in [0.3, 0.4) is 0 Å². The zero-order valence-electron chi connectivity index (χ0n) is 11.2. The first-order valence-electron chi connectivity index (χ1n) is 6.35. The number of sulfonamides is 1. The summed E-state index contributed by atoms with van der Waals surface area (Å²) in [7, 11) is -3.58. The molecule has 0 bridgehead atoms. The topological polar surface area (TPSA) is 95.5 Å². The molecule has 3 N–H and O–H groups in total. The second-order valence-corrected chi connectivity index (χ2v) is 6.96. The van der Waals surface area contributed by atoms with Crippen molar-refractivity contribution in [1.29, 1.82) is 0 Å². The lowest BCUT2D eigenvalue weighted by atomic mass is 10.1. The van der Waals surface area contributed by atoms with Crippen molar-refractivity contribution in [2.45, 2.75) is 24.7 Å². The van der Waals surface area contributed by atoms with Gasteiger partial charge in [-0.3, -0.25) is 4.79 Å². The van der Waals surface area contributed by atoms with Gasteiger partial charge in [-0.1, -0.05) is 0 Å². The Balaban J connectivity index is 2.03. The van der Waals surface area contributed by atoms with E-state index in [4.69, 9.17) is 5.11 Å². The zero-order valence-corrected chi connectivity index (χ0v) is 12.0. The Morgan fingerprint density at radius 1 is 1.30 bits per heavy atom. The van der Waals surface area contributed by atoms with Crippen molar-refractivity contribution in [3.8, 4) is 0 Å². The summed E-state index contributed by atoms with van der Waals surface area (Å²) < 4.78 is 26.7. The molecule has 1 aromatic rings. The van der Waals surface area contributed by atoms with Gasteiger partial charge in [0.05, 0.1) is 4.90 Å². The molecule has 1 amide bonds. The standard InChI is InChI=1S/C13H18N2O4S/c1-10(17)15-11-2-4-12(5-3-11)20(18,19)14-8-13(9-16)6-7-13/h2-5,14,16H,6-9H2,1H3,(H,15,17). The summed E-state index contributed by atoms with van der Waals surface area (Å²) in [6.07, 6.45) is 1.68. The minimum atomic E-state index is -3.58. The molecule has 110 valence electrons. The van der Waals surface area contributed by atoms with E-state index in [0.29, 0.717) is 5.69 Å². The Morgan fingerprint density at radius 3 is 2.35 bits per heavy atom. The minimum Gasteiger partial charge on any atom is -0.396 e. The first-order valence-corrected chi connectivity index (χ1v) is 7.83. The Bertz CT molecular complexity index is 591. The average Bonchev–Trinajstić information content (AvgIpc) is 3.17. The number of benzene rings is 1. The first-order chi connectivity index (χ1) is 9.37. The Kier molecular flexibility index (Phi) is 4.12. The van der Waals surface area contributed by atoms with E-state index in [1.807, 2.05) is 0 Å². The van der Waals surface area contributed by atoms with Crippen LogP contribution in [0.2, 0.25) is 0 Å². The number of amides is 1. The summed E-state index contributed by atoms with van der Waals surface area (Å²) in [6.45, 7) is 1.63. The van der Waals surface area contributed by atoms with Crippen LogP contribution in [-0.4, -0.2) is 32.6 Å². The van der Waals surface area contributed by atoms with Gasteiger partial charge in [0.2, 0.25) is 15.9 Å². The lowest BCUT2D eigenvalue weighted by molar-refractivity contribution is -0.114. The Morgan fingerprint density at radius 2 is 1.90 bits per heavy atom. The largest absolute Gasteiger partial charge is 0.396 e. The van der Waals surface area contributed by atoms with Crippen molar-refractivity contribution in [2.24, 2.45) is 5.41 Å². The van der Waals surface area contributed by atoms with E-state index in [1.165, 1.54) is 31.2 Å². The van der Waals surface area contributed by atoms with Crippen LogP contribution in [0.15, 0.2) is 29.2 Å². The number of aliphatic hydroxyl groups excluding tert-OH is 1. The monoisotopic (exact) mass is 298 g/mol. The third-order valence-corrected chi connectivity index (χ3v) is 4.83. The summed E-state index contributed by atoms with van der Waals surface area (Å²) in [5.41, 5.74) is 0.272. The van der Waals surface area contributed by atoms with Crippen LogP contribution in [-0.2, 0) is 14.8 Å². The van der Waals surface area contributed by atoms with Gasteiger partial charge in [-0.25, -0.2) is 13.1 Å². The molecule has 1 aliphatic carbocycles. The second-order valence-electron chi connectivity index (χ2n) is 5.19. The van der Waals surface area contributed by atoms with Gasteiger partial charge in [-0.05, 0) is 37.1 Å². The highest BCUT2D eigenvalue weighted by Crippen LogP contribution is 2.44. The molecule has 2 rings (SSSR count). The lowest BCUT2D eigenvalue weighted by Gasteiger charge is -2.13. The summed E-state index contributed by atoms with van der Waals surface area (Å²) in [5, 5.41) is 11.7. The molecule has 0 aliphatic heterocycles. The average molecular weight is 298 g/mol. The fraction of sp³-hybridized carbons (Fsp3) is 0.462. The highest BCUT2D eigenvalue weighted by Gasteiger charge is 2.42. The van der Waals surface area contributed by atoms with Gasteiger partial charge in [-0.2, -0.15) is 0 Å². The molecule has 6 nitrogen and oxygen atoms in total. The molecular formula is C13H18N2O4S. The maximum absolute atomic E-state index is 12.1. The molecule has 1 fully saturated rings. The number of anilines is 1. The third kappa shape index (κ3) is 3.56. The van der Waals surface area contributed by atoms with E-state index in [0.717, 1.165) is 12.8 Å². The number of aliphatic hydroxyl groups is 1. The van der Waals surface area contributed by atoms with Gasteiger partial charge in [-0.15, -0.1) is 0 Å². The molecule has 1 aromatic carbocycles. The van der Waals surface area contributed by atoms with Gasteiger partial charge in [0.1, 0.15) is 0 Å². The maximum Gasteiger partial charge on any atom is 0.240 e. The van der Waals surface area contributed by atoms with Crippen molar-refractivity contribution in [3.63, 3.8) is 0 Å². The molecule has 20 heavy (non-hydrogen) atoms. The van der Waals surface area contributed by atoms with Crippen LogP contribution >= 0.6 is 0 Å². The molecule has 0 atom stereocenters. The number of hydrogen-bond donors (Lipinski definition) is 3. The van der Waals surface area contributed by atoms with Crippen molar-refractivity contribution in [1.82, 2.24) is 4.72 Å². The van der Waals surface area contributed by atoms with E-state index >= 15 is 0 Å². The van der Waals surface area contributed by atoms with Gasteiger partial charge in [0.15, 0.2) is 0 Å². The normalized spacial score (nSPS) is 16.7. The summed E-state index contributed by atoms with van der Waals surface area (Å²) in [6, 6.07) is 5.95. The van der Waals surface area contributed by atoms with Gasteiger partial charge >= 0.3 is 0 Å². The van der Waals surface area contributed by atoms with Crippen molar-refractivity contribution in [2.75, 3.05) is 18.5 Å². The molecule has 1 aliphatic rings. The van der Waals surface area contributed by atoms with Crippen molar-refractivity contribution in [3.05, 3.63) is 24.3 Å². The Hall–Kier alpha value is -1.44. The van der Waals surface area contributed by atoms with Gasteiger partial charge in [0.25, 0.3) is 0 Å². The number of hydrogen-bond acceptors (Lipinski definition) is 4. The quantitative estimate of drug-likeness (QED) is 0.720. The van der Waals surface area contributed by atoms with Crippen molar-refractivity contribution >= 4 is 21.6 Å². The van der Waals surface area contributed by atoms with E-state index in [9.17, 15) is 13.2 Å². The van der Waals surface area contributed by atoms with Crippen LogP contribution in [0.5, 0.6) is 0 Å². The van der Waals surface area contributed by atoms with Crippen LogP contribution in [0, 0.1) is 5.41 Å². The summed E-state index contributed by atoms with van der Waals surface area (Å²) >= 11 is 0. The molecule has 0 saturated heterocycles. The lowest BCUT2D eigenvalue weighted by Crippen LogP contribution is -2.31. The van der Waals surface area contributed by atoms with Crippen molar-refractivity contribution < 1.29 is 18.3 Å². The molecule has 0 spiro atoms. The Labute approximate surface area is 118 Å². The highest BCUT2D eigenvalue weighted by atomic mass is 32.2. The van der Waals surface area contributed by atoms with E-state index < -0.39 is 10.0 Å². The maximum atomic E-state index is 12.1. The predicted molar refractivity (Wildman–Crippen MR) is 74.7 cm³/mol. The van der Waals surface area contributed by atoms with Gasteiger partial charge < -0.3 is 10.4 Å². The number of carbonyl (C=O) groups excluding carboxylic acids is 1. The van der Waals surface area contributed by atoms with E-state index in [1.54, 1.807) is 0 Å². The fourth-order valence-corrected chi connectivity index (χ4v) is 2.98. The van der Waals surface area contributed by atoms with Crippen LogP contribution in [0.25, 0.3) is 0 Å². The van der Waals surface area contributed by atoms with Crippen LogP contribution < -0.4 is 10.0 Å².